The van der Waals surface area contributed by atoms with E-state index in [1.807, 2.05) is 31.2 Å². The van der Waals surface area contributed by atoms with E-state index in [1.165, 1.54) is 17.4 Å². The molecule has 2 N–H and O–H groups in total. The highest BCUT2D eigenvalue weighted by atomic mass is 32.1. The summed E-state index contributed by atoms with van der Waals surface area (Å²) in [5.41, 5.74) is 1.70. The van der Waals surface area contributed by atoms with Gasteiger partial charge in [0, 0.05) is 42.0 Å². The highest BCUT2D eigenvalue weighted by Gasteiger charge is 2.20. The Morgan fingerprint density at radius 1 is 1.24 bits per heavy atom. The standard InChI is InChI=1S/C24H24FN5O2S/c1-14-26-13-22(33-14)18-11-19-21(12-20(18)25)28-29-23(19)24(31)27-15-3-5-16(6-4-15)32-17-7-9-30(2)10-8-17/h3-6,11-13,17H,7-10H2,1-2H3,(H,27,31)(H,28,29). The number of amides is 1. The predicted molar refractivity (Wildman–Crippen MR) is 127 cm³/mol. The zero-order chi connectivity index (χ0) is 22.9. The molecule has 1 saturated heterocycles. The number of hydrogen-bond acceptors (Lipinski definition) is 6. The number of rotatable bonds is 5. The van der Waals surface area contributed by atoms with Crippen molar-refractivity contribution in [2.75, 3.05) is 25.5 Å². The van der Waals surface area contributed by atoms with E-state index in [1.54, 1.807) is 12.3 Å². The molecule has 1 aliphatic rings. The van der Waals surface area contributed by atoms with Gasteiger partial charge in [0.25, 0.3) is 5.91 Å². The van der Waals surface area contributed by atoms with Crippen molar-refractivity contribution in [3.05, 3.63) is 59.1 Å². The molecule has 0 spiro atoms. The molecule has 0 saturated carbocycles. The van der Waals surface area contributed by atoms with Gasteiger partial charge in [-0.05, 0) is 57.1 Å². The number of hydrogen-bond donors (Lipinski definition) is 2. The van der Waals surface area contributed by atoms with Gasteiger partial charge in [-0.3, -0.25) is 9.89 Å². The van der Waals surface area contributed by atoms with Crippen LogP contribution in [0, 0.1) is 12.7 Å². The fourth-order valence-corrected chi connectivity index (χ4v) is 4.78. The van der Waals surface area contributed by atoms with E-state index in [0.29, 0.717) is 27.0 Å². The van der Waals surface area contributed by atoms with Crippen molar-refractivity contribution in [1.29, 1.82) is 0 Å². The molecule has 1 amide bonds. The van der Waals surface area contributed by atoms with E-state index in [0.717, 1.165) is 36.7 Å². The topological polar surface area (TPSA) is 83.1 Å². The Bertz CT molecular complexity index is 1290. The first kappa shape index (κ1) is 21.5. The summed E-state index contributed by atoms with van der Waals surface area (Å²) in [5.74, 6) is 0.0259. The summed E-state index contributed by atoms with van der Waals surface area (Å²) < 4.78 is 20.7. The number of anilines is 1. The predicted octanol–water partition coefficient (Wildman–Crippen LogP) is 4.86. The Hall–Kier alpha value is -3.30. The second-order valence-electron chi connectivity index (χ2n) is 8.29. The molecule has 4 aromatic rings. The monoisotopic (exact) mass is 465 g/mol. The van der Waals surface area contributed by atoms with Crippen LogP contribution in [-0.2, 0) is 0 Å². The summed E-state index contributed by atoms with van der Waals surface area (Å²) >= 11 is 1.40. The number of piperidine rings is 1. The van der Waals surface area contributed by atoms with Gasteiger partial charge in [0.2, 0.25) is 0 Å². The maximum atomic E-state index is 14.6. The minimum Gasteiger partial charge on any atom is -0.490 e. The molecule has 0 unspecified atom stereocenters. The fourth-order valence-electron chi connectivity index (χ4n) is 3.99. The Morgan fingerprint density at radius 2 is 2.00 bits per heavy atom. The van der Waals surface area contributed by atoms with E-state index >= 15 is 0 Å². The van der Waals surface area contributed by atoms with E-state index in [4.69, 9.17) is 4.74 Å². The molecule has 0 aliphatic carbocycles. The van der Waals surface area contributed by atoms with Gasteiger partial charge >= 0.3 is 0 Å². The molecular formula is C24H24FN5O2S. The third-order valence-electron chi connectivity index (χ3n) is 5.83. The lowest BCUT2D eigenvalue weighted by molar-refractivity contribution is 0.102. The highest BCUT2D eigenvalue weighted by Crippen LogP contribution is 2.32. The van der Waals surface area contributed by atoms with Gasteiger partial charge in [-0.2, -0.15) is 5.10 Å². The summed E-state index contributed by atoms with van der Waals surface area (Å²) in [6.07, 6.45) is 3.86. The number of aryl methyl sites for hydroxylation is 1. The van der Waals surface area contributed by atoms with Crippen molar-refractivity contribution < 1.29 is 13.9 Å². The van der Waals surface area contributed by atoms with Gasteiger partial charge in [0.1, 0.15) is 17.7 Å². The molecule has 0 atom stereocenters. The molecule has 2 aromatic heterocycles. The van der Waals surface area contributed by atoms with Gasteiger partial charge in [-0.1, -0.05) is 0 Å². The van der Waals surface area contributed by atoms with Crippen LogP contribution in [0.2, 0.25) is 0 Å². The van der Waals surface area contributed by atoms with Crippen LogP contribution in [0.1, 0.15) is 28.3 Å². The number of nitrogens with zero attached hydrogens (tertiary/aromatic N) is 3. The molecule has 33 heavy (non-hydrogen) atoms. The zero-order valence-electron chi connectivity index (χ0n) is 18.4. The largest absolute Gasteiger partial charge is 0.490 e. The molecule has 0 bridgehead atoms. The van der Waals surface area contributed by atoms with Crippen molar-refractivity contribution in [3.8, 4) is 16.2 Å². The van der Waals surface area contributed by atoms with Crippen molar-refractivity contribution in [2.45, 2.75) is 25.9 Å². The average molecular weight is 466 g/mol. The second kappa shape index (κ2) is 8.92. The van der Waals surface area contributed by atoms with Crippen LogP contribution >= 0.6 is 11.3 Å². The normalized spacial score (nSPS) is 15.1. The number of fused-ring (bicyclic) bond motifs is 1. The SMILES string of the molecule is Cc1ncc(-c2cc3c(C(=O)Nc4ccc(OC5CCN(C)CC5)cc4)n[nH]c3cc2F)s1. The van der Waals surface area contributed by atoms with Crippen molar-refractivity contribution in [3.63, 3.8) is 0 Å². The first-order chi connectivity index (χ1) is 16.0. The number of nitrogens with one attached hydrogen (secondary N) is 2. The van der Waals surface area contributed by atoms with E-state index in [-0.39, 0.29) is 23.5 Å². The number of H-pyrrole nitrogens is 1. The molecule has 0 radical (unpaired) electrons. The summed E-state index contributed by atoms with van der Waals surface area (Å²) in [4.78, 5) is 20.1. The molecule has 9 heteroatoms. The molecule has 7 nitrogen and oxygen atoms in total. The van der Waals surface area contributed by atoms with E-state index in [9.17, 15) is 9.18 Å². The van der Waals surface area contributed by atoms with Crippen LogP contribution in [0.3, 0.4) is 0 Å². The Labute approximate surface area is 194 Å². The molecule has 1 fully saturated rings. The maximum Gasteiger partial charge on any atom is 0.276 e. The summed E-state index contributed by atoms with van der Waals surface area (Å²) in [6.45, 7) is 3.93. The number of aromatic nitrogens is 3. The Kier molecular flexibility index (Phi) is 5.82. The first-order valence-corrected chi connectivity index (χ1v) is 11.6. The molecular weight excluding hydrogens is 441 g/mol. The van der Waals surface area contributed by atoms with Crippen LogP contribution in [0.5, 0.6) is 5.75 Å². The lowest BCUT2D eigenvalue weighted by Crippen LogP contribution is -2.35. The van der Waals surface area contributed by atoms with E-state index in [2.05, 4.69) is 32.4 Å². The first-order valence-electron chi connectivity index (χ1n) is 10.8. The average Bonchev–Trinajstić information content (AvgIpc) is 3.42. The number of aromatic amines is 1. The lowest BCUT2D eigenvalue weighted by Gasteiger charge is -2.29. The summed E-state index contributed by atoms with van der Waals surface area (Å²) in [5, 5.41) is 11.1. The number of likely N-dealkylation sites (tertiary alicyclic amines) is 1. The van der Waals surface area contributed by atoms with Crippen molar-refractivity contribution in [2.24, 2.45) is 0 Å². The number of benzene rings is 2. The maximum absolute atomic E-state index is 14.6. The Morgan fingerprint density at radius 3 is 2.70 bits per heavy atom. The number of halogens is 1. The fraction of sp³-hybridized carbons (Fsp3) is 0.292. The molecule has 170 valence electrons. The quantitative estimate of drug-likeness (QED) is 0.440. The van der Waals surface area contributed by atoms with Crippen LogP contribution in [0.4, 0.5) is 10.1 Å². The van der Waals surface area contributed by atoms with Crippen LogP contribution in [-0.4, -0.2) is 52.2 Å². The second-order valence-corrected chi connectivity index (χ2v) is 9.53. The lowest BCUT2D eigenvalue weighted by atomic mass is 10.1. The van der Waals surface area contributed by atoms with Gasteiger partial charge < -0.3 is 15.0 Å². The molecule has 2 aromatic carbocycles. The molecule has 3 heterocycles. The van der Waals surface area contributed by atoms with Gasteiger partial charge in [-0.25, -0.2) is 9.37 Å². The summed E-state index contributed by atoms with van der Waals surface area (Å²) in [6, 6.07) is 10.3. The van der Waals surface area contributed by atoms with Gasteiger partial charge in [-0.15, -0.1) is 11.3 Å². The number of ether oxygens (including phenoxy) is 1. The highest BCUT2D eigenvalue weighted by molar-refractivity contribution is 7.15. The Balaban J connectivity index is 1.32. The number of carbonyl (C=O) groups excluding carboxylic acids is 1. The number of thiazole rings is 1. The van der Waals surface area contributed by atoms with Crippen LogP contribution < -0.4 is 10.1 Å². The van der Waals surface area contributed by atoms with Crippen molar-refractivity contribution >= 4 is 33.8 Å². The van der Waals surface area contributed by atoms with Gasteiger partial charge in [0.05, 0.1) is 15.4 Å². The van der Waals surface area contributed by atoms with Gasteiger partial charge in [0.15, 0.2) is 5.69 Å². The minimum absolute atomic E-state index is 0.208. The molecule has 5 rings (SSSR count). The third kappa shape index (κ3) is 4.60. The number of carbonyl (C=O) groups is 1. The summed E-state index contributed by atoms with van der Waals surface area (Å²) in [7, 11) is 2.12. The van der Waals surface area contributed by atoms with E-state index < -0.39 is 0 Å². The minimum atomic E-state index is -0.387. The van der Waals surface area contributed by atoms with Crippen molar-refractivity contribution in [1.82, 2.24) is 20.1 Å². The zero-order valence-corrected chi connectivity index (χ0v) is 19.2. The van der Waals surface area contributed by atoms with Crippen LogP contribution in [0.15, 0.2) is 42.6 Å². The third-order valence-corrected chi connectivity index (χ3v) is 6.78. The molecule has 1 aliphatic heterocycles. The van der Waals surface area contributed by atoms with Crippen LogP contribution in [0.25, 0.3) is 21.3 Å². The smallest absolute Gasteiger partial charge is 0.276 e.